The fourth-order valence-corrected chi connectivity index (χ4v) is 0. The monoisotopic (exact) mass is 538 g/mol. The molecule has 0 aliphatic carbocycles. The van der Waals surface area contributed by atoms with Gasteiger partial charge in [0.05, 0.1) is 0 Å². The van der Waals surface area contributed by atoms with E-state index in [1.165, 1.54) is 0 Å². The first-order chi connectivity index (χ1) is 10.4. The van der Waals surface area contributed by atoms with Crippen LogP contribution in [0.5, 0.6) is 0 Å². The van der Waals surface area contributed by atoms with Crippen LogP contribution in [-0.2, 0) is 48.2 Å². The Labute approximate surface area is 179 Å². The fourth-order valence-electron chi connectivity index (χ4n) is 0. The van der Waals surface area contributed by atoms with Gasteiger partial charge in [-0.25, -0.2) is 0 Å². The Hall–Kier alpha value is -1.76. The van der Waals surface area contributed by atoms with Crippen molar-refractivity contribution in [2.45, 2.75) is 41.5 Å². The van der Waals surface area contributed by atoms with E-state index in [0.29, 0.717) is 0 Å². The molecule has 0 aromatic carbocycles. The average molecular weight is 538 g/mol. The van der Waals surface area contributed by atoms with Crippen molar-refractivity contribution < 1.29 is 78.9 Å². The molecule has 0 fully saturated rings. The summed E-state index contributed by atoms with van der Waals surface area (Å²) in [5.41, 5.74) is 0. The Morgan fingerprint density at radius 1 is 0.385 bits per heavy atom. The molecular formula is C12H18O12SnZn. The summed E-state index contributed by atoms with van der Waals surface area (Å²) in [6.45, 7) is 5.83. The van der Waals surface area contributed by atoms with Gasteiger partial charge in [-0.3, -0.25) is 0 Å². The second-order valence-corrected chi connectivity index (χ2v) is 2.95. The van der Waals surface area contributed by atoms with Crippen molar-refractivity contribution in [2.75, 3.05) is 0 Å². The van der Waals surface area contributed by atoms with E-state index in [0.717, 1.165) is 41.5 Å². The van der Waals surface area contributed by atoms with E-state index in [2.05, 4.69) is 0 Å². The van der Waals surface area contributed by atoms with Gasteiger partial charge in [0.15, 0.2) is 0 Å². The van der Waals surface area contributed by atoms with Gasteiger partial charge < -0.3 is 59.4 Å². The van der Waals surface area contributed by atoms with Crippen molar-refractivity contribution in [1.82, 2.24) is 0 Å². The topological polar surface area (TPSA) is 241 Å². The second kappa shape index (κ2) is 43.6. The summed E-state index contributed by atoms with van der Waals surface area (Å²) >= 11 is 0. The standard InChI is InChI=1S/6C2H4O2.Sn.Zn/c6*1-2(3)4;;/h6*1H3,(H,3,4);;/q;;;;;;+4;+2/p-6. The zero-order chi connectivity index (χ0) is 21.5. The molecule has 0 saturated carbocycles. The first-order valence-corrected chi connectivity index (χ1v) is 5.45. The van der Waals surface area contributed by atoms with Gasteiger partial charge in [0.2, 0.25) is 0 Å². The molecule has 0 aromatic rings. The third kappa shape index (κ3) is 3250. The van der Waals surface area contributed by atoms with E-state index in [1.54, 1.807) is 0 Å². The number of carboxylic acids is 6. The summed E-state index contributed by atoms with van der Waals surface area (Å²) in [5.74, 6) is -6.50. The molecule has 0 radical (unpaired) electrons. The van der Waals surface area contributed by atoms with Crippen LogP contribution in [-0.4, -0.2) is 59.7 Å². The molecule has 14 heteroatoms. The van der Waals surface area contributed by atoms with Gasteiger partial charge in [-0.15, -0.1) is 0 Å². The zero-order valence-corrected chi connectivity index (χ0v) is 20.9. The van der Waals surface area contributed by atoms with E-state index in [1.807, 2.05) is 0 Å². The minimum absolute atomic E-state index is 0. The predicted molar refractivity (Wildman–Crippen MR) is 69.8 cm³/mol. The van der Waals surface area contributed by atoms with E-state index >= 15 is 0 Å². The van der Waals surface area contributed by atoms with E-state index in [9.17, 15) is 0 Å². The molecule has 0 spiro atoms. The molecule has 0 aliphatic heterocycles. The molecule has 0 aromatic heterocycles. The molecule has 0 bridgehead atoms. The molecule has 0 aliphatic rings. The van der Waals surface area contributed by atoms with Crippen LogP contribution >= 0.6 is 0 Å². The second-order valence-electron chi connectivity index (χ2n) is 2.95. The summed E-state index contributed by atoms with van der Waals surface area (Å²) < 4.78 is 0. The van der Waals surface area contributed by atoms with Gasteiger partial charge in [0, 0.05) is 35.8 Å². The number of carboxylic acid groups (broad SMARTS) is 6. The predicted octanol–water partition coefficient (Wildman–Crippen LogP) is -7.85. The molecule has 0 rings (SSSR count). The van der Waals surface area contributed by atoms with Crippen LogP contribution in [0.15, 0.2) is 0 Å². The minimum atomic E-state index is -1.08. The molecule has 0 unspecified atom stereocenters. The number of carbonyl (C=O) groups excluding carboxylic acids is 6. The SMILES string of the molecule is CC(=O)[O-].CC(=O)[O-].CC(=O)[O-].CC(=O)[O-].CC(=O)[O-].CC(=O)[O-].[Sn+4].[Zn+2]. The van der Waals surface area contributed by atoms with Crippen LogP contribution in [0.3, 0.4) is 0 Å². The largest absolute Gasteiger partial charge is 4.00 e. The Balaban J connectivity index is -0.0000000245. The smallest absolute Gasteiger partial charge is 0.550 e. The third-order valence-electron chi connectivity index (χ3n) is 0. The molecular weight excluding hydrogens is 520 g/mol. The molecule has 0 atom stereocenters. The van der Waals surface area contributed by atoms with Crippen molar-refractivity contribution in [1.29, 1.82) is 0 Å². The van der Waals surface area contributed by atoms with Gasteiger partial charge in [-0.2, -0.15) is 0 Å². The maximum Gasteiger partial charge on any atom is 4.00 e. The first kappa shape index (κ1) is 49.6. The third-order valence-corrected chi connectivity index (χ3v) is 0. The summed E-state index contributed by atoms with van der Waals surface area (Å²) in [6, 6.07) is 0. The van der Waals surface area contributed by atoms with Crippen molar-refractivity contribution in [2.24, 2.45) is 0 Å². The molecule has 0 amide bonds. The Morgan fingerprint density at radius 3 is 0.385 bits per heavy atom. The minimum Gasteiger partial charge on any atom is -0.550 e. The number of rotatable bonds is 0. The van der Waals surface area contributed by atoms with Crippen molar-refractivity contribution in [3.8, 4) is 0 Å². The van der Waals surface area contributed by atoms with Crippen LogP contribution in [0.2, 0.25) is 0 Å². The number of carbonyl (C=O) groups is 6. The van der Waals surface area contributed by atoms with Crippen LogP contribution in [0.1, 0.15) is 41.5 Å². The molecule has 144 valence electrons. The van der Waals surface area contributed by atoms with Gasteiger partial charge >= 0.3 is 43.4 Å². The van der Waals surface area contributed by atoms with Crippen LogP contribution in [0, 0.1) is 0 Å². The van der Waals surface area contributed by atoms with E-state index in [4.69, 9.17) is 59.4 Å². The maximum absolute atomic E-state index is 8.89. The van der Waals surface area contributed by atoms with Gasteiger partial charge in [-0.05, 0) is 41.5 Å². The van der Waals surface area contributed by atoms with E-state index in [-0.39, 0.29) is 43.4 Å². The van der Waals surface area contributed by atoms with Gasteiger partial charge in [0.25, 0.3) is 0 Å². The first-order valence-electron chi connectivity index (χ1n) is 5.45. The fraction of sp³-hybridized carbons (Fsp3) is 0.500. The molecule has 0 saturated heterocycles. The molecule has 0 N–H and O–H groups in total. The quantitative estimate of drug-likeness (QED) is 0.261. The van der Waals surface area contributed by atoms with Crippen LogP contribution in [0.4, 0.5) is 0 Å². The molecule has 26 heavy (non-hydrogen) atoms. The van der Waals surface area contributed by atoms with Crippen molar-refractivity contribution in [3.05, 3.63) is 0 Å². The van der Waals surface area contributed by atoms with E-state index < -0.39 is 35.8 Å². The molecule has 12 nitrogen and oxygen atoms in total. The number of aliphatic carboxylic acids is 6. The number of hydrogen-bond acceptors (Lipinski definition) is 12. The normalized spacial score (nSPS) is 5.77. The summed E-state index contributed by atoms with van der Waals surface area (Å²) in [7, 11) is 0. The summed E-state index contributed by atoms with van der Waals surface area (Å²) in [4.78, 5) is 53.3. The van der Waals surface area contributed by atoms with Gasteiger partial charge in [0.1, 0.15) is 0 Å². The maximum atomic E-state index is 8.89. The summed E-state index contributed by atoms with van der Waals surface area (Å²) in [6.07, 6.45) is 0. The Kier molecular flexibility index (Phi) is 83.2. The number of hydrogen-bond donors (Lipinski definition) is 0. The van der Waals surface area contributed by atoms with Crippen LogP contribution in [0.25, 0.3) is 0 Å². The molecule has 0 heterocycles. The average Bonchev–Trinajstić information content (AvgIpc) is 2.08. The van der Waals surface area contributed by atoms with Crippen LogP contribution < -0.4 is 30.6 Å². The van der Waals surface area contributed by atoms with Crippen molar-refractivity contribution in [3.63, 3.8) is 0 Å². The Morgan fingerprint density at radius 2 is 0.385 bits per heavy atom. The van der Waals surface area contributed by atoms with Gasteiger partial charge in [-0.1, -0.05) is 0 Å². The van der Waals surface area contributed by atoms with Crippen molar-refractivity contribution >= 4 is 59.7 Å². The zero-order valence-electron chi connectivity index (χ0n) is 15.1. The summed E-state index contributed by atoms with van der Waals surface area (Å²) in [5, 5.41) is 53.3. The Bertz CT molecular complexity index is 267.